The minimum Gasteiger partial charge on any atom is -0.363 e. The third kappa shape index (κ3) is 4.81. The molecule has 0 aliphatic carbocycles. The number of hydrogen-bond donors (Lipinski definition) is 1. The van der Waals surface area contributed by atoms with Crippen LogP contribution in [0.4, 0.5) is 18.9 Å². The van der Waals surface area contributed by atoms with Crippen LogP contribution in [0.5, 0.6) is 0 Å². The van der Waals surface area contributed by atoms with Crippen molar-refractivity contribution in [3.63, 3.8) is 0 Å². The summed E-state index contributed by atoms with van der Waals surface area (Å²) in [4.78, 5) is 24.6. The molecule has 0 saturated heterocycles. The zero-order chi connectivity index (χ0) is 27.1. The third-order valence-electron chi connectivity index (χ3n) is 5.84. The third-order valence-corrected chi connectivity index (χ3v) is 7.57. The van der Waals surface area contributed by atoms with E-state index in [4.69, 9.17) is 4.74 Å². The Labute approximate surface area is 211 Å². The number of aromatic amines is 1. The van der Waals surface area contributed by atoms with Gasteiger partial charge in [-0.2, -0.15) is 13.2 Å². The standard InChI is InChI=1S/C25H23F3N4O4S/c1-14-9-20(22(30-11-14)23(33)21-16(3)12-31-24-18(21)7-8-29-24)32(13-36-4)37(34,35)17-6-5-15(2)19(10-17)25(26,27)28/h5-12H,13H2,1-4H3,(H,29,31). The van der Waals surface area contributed by atoms with Crippen LogP contribution < -0.4 is 4.31 Å². The van der Waals surface area contributed by atoms with E-state index in [1.165, 1.54) is 32.5 Å². The molecule has 0 amide bonds. The van der Waals surface area contributed by atoms with Gasteiger partial charge in [-0.3, -0.25) is 9.78 Å². The summed E-state index contributed by atoms with van der Waals surface area (Å²) in [6.07, 6.45) is -0.218. The summed E-state index contributed by atoms with van der Waals surface area (Å²) in [7, 11) is -3.38. The van der Waals surface area contributed by atoms with Gasteiger partial charge in [-0.1, -0.05) is 6.07 Å². The average molecular weight is 533 g/mol. The summed E-state index contributed by atoms with van der Waals surface area (Å²) >= 11 is 0. The molecule has 1 N–H and O–H groups in total. The van der Waals surface area contributed by atoms with Gasteiger partial charge in [0.05, 0.1) is 16.1 Å². The number of sulfonamides is 1. The number of carbonyl (C=O) groups excluding carboxylic acids is 1. The van der Waals surface area contributed by atoms with Crippen LogP contribution >= 0.6 is 0 Å². The van der Waals surface area contributed by atoms with Gasteiger partial charge >= 0.3 is 6.18 Å². The molecule has 0 bridgehead atoms. The normalized spacial score (nSPS) is 12.2. The summed E-state index contributed by atoms with van der Waals surface area (Å²) in [6, 6.07) is 5.85. The van der Waals surface area contributed by atoms with Gasteiger partial charge in [0.1, 0.15) is 18.1 Å². The van der Waals surface area contributed by atoms with E-state index in [9.17, 15) is 26.4 Å². The van der Waals surface area contributed by atoms with Crippen LogP contribution in [0.15, 0.2) is 53.8 Å². The molecular formula is C25H23F3N4O4S. The lowest BCUT2D eigenvalue weighted by Gasteiger charge is -2.26. The Kier molecular flexibility index (Phi) is 6.82. The van der Waals surface area contributed by atoms with Gasteiger partial charge in [0.2, 0.25) is 5.78 Å². The number of ether oxygens (including phenoxy) is 1. The Morgan fingerprint density at radius 3 is 2.46 bits per heavy atom. The molecule has 0 atom stereocenters. The number of nitrogens with one attached hydrogen (secondary N) is 1. The first-order chi connectivity index (χ1) is 17.4. The lowest BCUT2D eigenvalue weighted by Crippen LogP contribution is -2.34. The molecule has 37 heavy (non-hydrogen) atoms. The van der Waals surface area contributed by atoms with Crippen LogP contribution in [0, 0.1) is 20.8 Å². The Morgan fingerprint density at radius 2 is 1.78 bits per heavy atom. The number of hydrogen-bond acceptors (Lipinski definition) is 6. The predicted molar refractivity (Wildman–Crippen MR) is 131 cm³/mol. The fourth-order valence-corrected chi connectivity index (χ4v) is 5.43. The lowest BCUT2D eigenvalue weighted by atomic mass is 9.99. The fourth-order valence-electron chi connectivity index (χ4n) is 4.03. The number of pyridine rings is 2. The zero-order valence-electron chi connectivity index (χ0n) is 20.3. The number of aromatic nitrogens is 3. The predicted octanol–water partition coefficient (Wildman–Crippen LogP) is 4.93. The maximum Gasteiger partial charge on any atom is 0.416 e. The van der Waals surface area contributed by atoms with Crippen molar-refractivity contribution in [3.8, 4) is 0 Å². The Balaban J connectivity index is 1.92. The summed E-state index contributed by atoms with van der Waals surface area (Å²) < 4.78 is 73.9. The van der Waals surface area contributed by atoms with Crippen molar-refractivity contribution in [2.45, 2.75) is 31.8 Å². The number of H-pyrrole nitrogens is 1. The van der Waals surface area contributed by atoms with Crippen molar-refractivity contribution in [1.82, 2.24) is 15.0 Å². The SMILES string of the molecule is COCN(c1cc(C)cnc1C(=O)c1c(C)cnc2[nH]ccc12)S(=O)(=O)c1ccc(C)c(C(F)(F)F)c1. The van der Waals surface area contributed by atoms with Crippen molar-refractivity contribution in [3.05, 3.63) is 82.4 Å². The fraction of sp³-hybridized carbons (Fsp3) is 0.240. The number of nitrogens with zero attached hydrogens (tertiary/aromatic N) is 3. The number of anilines is 1. The summed E-state index contributed by atoms with van der Waals surface area (Å²) in [5, 5.41) is 0.521. The topological polar surface area (TPSA) is 105 Å². The van der Waals surface area contributed by atoms with Gasteiger partial charge in [0, 0.05) is 36.7 Å². The summed E-state index contributed by atoms with van der Waals surface area (Å²) in [5.41, 5.74) is 0.276. The van der Waals surface area contributed by atoms with Crippen molar-refractivity contribution in [2.75, 3.05) is 18.1 Å². The highest BCUT2D eigenvalue weighted by atomic mass is 32.2. The second-order valence-electron chi connectivity index (χ2n) is 8.51. The molecule has 8 nitrogen and oxygen atoms in total. The number of rotatable bonds is 7. The van der Waals surface area contributed by atoms with Gasteiger partial charge in [0.25, 0.3) is 10.0 Å². The second-order valence-corrected chi connectivity index (χ2v) is 10.4. The molecule has 4 aromatic rings. The molecule has 194 valence electrons. The Morgan fingerprint density at radius 1 is 1.05 bits per heavy atom. The average Bonchev–Trinajstić information content (AvgIpc) is 3.30. The molecule has 0 aliphatic rings. The van der Waals surface area contributed by atoms with E-state index in [2.05, 4.69) is 15.0 Å². The zero-order valence-corrected chi connectivity index (χ0v) is 21.2. The summed E-state index contributed by atoms with van der Waals surface area (Å²) in [6.45, 7) is 4.01. The largest absolute Gasteiger partial charge is 0.416 e. The molecule has 0 saturated carbocycles. The molecule has 12 heteroatoms. The number of benzene rings is 1. The van der Waals surface area contributed by atoms with Crippen LogP contribution in [-0.2, 0) is 20.9 Å². The summed E-state index contributed by atoms with van der Waals surface area (Å²) in [5.74, 6) is -0.573. The quantitative estimate of drug-likeness (QED) is 0.267. The van der Waals surface area contributed by atoms with E-state index in [1.54, 1.807) is 26.1 Å². The van der Waals surface area contributed by atoms with E-state index in [0.717, 1.165) is 16.4 Å². The maximum atomic E-state index is 13.8. The van der Waals surface area contributed by atoms with E-state index in [1.807, 2.05) is 0 Å². The number of carbonyl (C=O) groups is 1. The van der Waals surface area contributed by atoms with Gasteiger partial charge < -0.3 is 9.72 Å². The van der Waals surface area contributed by atoms with Crippen molar-refractivity contribution in [2.24, 2.45) is 0 Å². The van der Waals surface area contributed by atoms with E-state index in [-0.39, 0.29) is 22.5 Å². The second kappa shape index (κ2) is 9.60. The van der Waals surface area contributed by atoms with Gasteiger partial charge in [0.15, 0.2) is 0 Å². The van der Waals surface area contributed by atoms with E-state index >= 15 is 0 Å². The molecule has 0 unspecified atom stereocenters. The highest BCUT2D eigenvalue weighted by Gasteiger charge is 2.36. The first-order valence-electron chi connectivity index (χ1n) is 11.0. The molecule has 0 radical (unpaired) electrons. The van der Waals surface area contributed by atoms with Gasteiger partial charge in [-0.05, 0) is 61.7 Å². The van der Waals surface area contributed by atoms with E-state index < -0.39 is 39.2 Å². The van der Waals surface area contributed by atoms with Crippen LogP contribution in [0.2, 0.25) is 0 Å². The first kappa shape index (κ1) is 26.3. The number of aryl methyl sites for hydroxylation is 3. The monoisotopic (exact) mass is 532 g/mol. The Bertz CT molecular complexity index is 1610. The molecule has 1 aromatic carbocycles. The molecule has 3 aromatic heterocycles. The molecule has 0 aliphatic heterocycles. The highest BCUT2D eigenvalue weighted by Crippen LogP contribution is 2.35. The Hall–Kier alpha value is -3.77. The van der Waals surface area contributed by atoms with Crippen LogP contribution in [0.1, 0.15) is 38.3 Å². The number of ketones is 1. The van der Waals surface area contributed by atoms with Gasteiger partial charge in [-0.15, -0.1) is 0 Å². The number of fused-ring (bicyclic) bond motifs is 1. The molecular weight excluding hydrogens is 509 g/mol. The van der Waals surface area contributed by atoms with Crippen LogP contribution in [-0.4, -0.2) is 43.0 Å². The number of methoxy groups -OCH3 is 1. The first-order valence-corrected chi connectivity index (χ1v) is 12.4. The van der Waals surface area contributed by atoms with Crippen molar-refractivity contribution in [1.29, 1.82) is 0 Å². The van der Waals surface area contributed by atoms with Crippen LogP contribution in [0.25, 0.3) is 11.0 Å². The maximum absolute atomic E-state index is 13.8. The molecule has 0 spiro atoms. The van der Waals surface area contributed by atoms with Crippen LogP contribution in [0.3, 0.4) is 0 Å². The molecule has 4 rings (SSSR count). The molecule has 3 heterocycles. The van der Waals surface area contributed by atoms with Crippen molar-refractivity contribution >= 4 is 32.5 Å². The smallest absolute Gasteiger partial charge is 0.363 e. The lowest BCUT2D eigenvalue weighted by molar-refractivity contribution is -0.138. The minimum absolute atomic E-state index is 0.124. The van der Waals surface area contributed by atoms with Gasteiger partial charge in [-0.25, -0.2) is 17.7 Å². The number of alkyl halides is 3. The minimum atomic E-state index is -4.76. The van der Waals surface area contributed by atoms with E-state index in [0.29, 0.717) is 28.2 Å². The number of halogens is 3. The van der Waals surface area contributed by atoms with Crippen molar-refractivity contribution < 1.29 is 31.1 Å². The molecule has 0 fully saturated rings. The highest BCUT2D eigenvalue weighted by molar-refractivity contribution is 7.92.